The van der Waals surface area contributed by atoms with Crippen LogP contribution in [-0.2, 0) is 54.5 Å². The number of piperazine rings is 1. The van der Waals surface area contributed by atoms with Crippen LogP contribution in [0.15, 0.2) is 101 Å². The molecule has 2 fully saturated rings. The maximum absolute atomic E-state index is 14.0. The molecule has 0 bridgehead atoms. The number of aliphatic hydroxyl groups is 1. The van der Waals surface area contributed by atoms with E-state index in [2.05, 4.69) is 58.3 Å². The van der Waals surface area contributed by atoms with Gasteiger partial charge in [-0.3, -0.25) is 24.1 Å². The summed E-state index contributed by atoms with van der Waals surface area (Å²) in [5.41, 5.74) is 8.18. The van der Waals surface area contributed by atoms with E-state index in [-0.39, 0.29) is 61.8 Å². The standard InChI is InChI=1S/C58H75N11O11S2/c1-40-53(81-39-61-40)43-11-9-41(10-12-43)36-60-55(73)49-35-46(70)37-68(49)56(74)54(58(2,3)4)64-51(71)21-27-77-29-31-79-33-34-80-32-30-78-28-22-59-52(72)38-66-23-25-67(26-24-66)45-17-15-44(16-18-45)62-57-63-50-8-6-7-48(69(50)65-57)42-13-19-47(20-14-42)82(5,75)76/h6-20,39,46,49,54,70H,21-38H2,1-5H3,(H,59,72)(H,60,73)(H,62,65)(H,64,71)/t46-,49+,54-/m1/s1. The van der Waals surface area contributed by atoms with Crippen LogP contribution in [0.3, 0.4) is 0 Å². The van der Waals surface area contributed by atoms with Crippen molar-refractivity contribution in [2.24, 2.45) is 5.41 Å². The number of fused-ring (bicyclic) bond motifs is 1. The van der Waals surface area contributed by atoms with Crippen LogP contribution in [0.25, 0.3) is 27.3 Å². The lowest BCUT2D eigenvalue weighted by molar-refractivity contribution is -0.144. The molecule has 22 nitrogen and oxygen atoms in total. The molecule has 2 aliphatic rings. The number of β-amino-alcohol motifs (C(OH)–C–C–N with tert-alkyl or cyclic N) is 1. The molecule has 0 unspecified atom stereocenters. The fourth-order valence-corrected chi connectivity index (χ4v) is 11.0. The normalized spacial score (nSPS) is 16.3. The molecule has 0 aliphatic carbocycles. The maximum atomic E-state index is 14.0. The van der Waals surface area contributed by atoms with Crippen LogP contribution in [0.2, 0.25) is 0 Å². The van der Waals surface area contributed by atoms with Gasteiger partial charge in [0.1, 0.15) is 12.1 Å². The number of anilines is 3. The number of nitrogens with zero attached hydrogens (tertiary/aromatic N) is 7. The number of rotatable bonds is 28. The van der Waals surface area contributed by atoms with E-state index in [0.29, 0.717) is 64.3 Å². The average molecular weight is 1170 g/mol. The van der Waals surface area contributed by atoms with E-state index in [9.17, 15) is 32.7 Å². The van der Waals surface area contributed by atoms with Crippen molar-refractivity contribution in [3.63, 3.8) is 0 Å². The van der Waals surface area contributed by atoms with Crippen molar-refractivity contribution in [3.8, 4) is 21.7 Å². The van der Waals surface area contributed by atoms with E-state index in [0.717, 1.165) is 70.5 Å². The van der Waals surface area contributed by atoms with Gasteiger partial charge in [-0.2, -0.15) is 4.98 Å². The van der Waals surface area contributed by atoms with Crippen molar-refractivity contribution in [1.29, 1.82) is 0 Å². The van der Waals surface area contributed by atoms with Gasteiger partial charge in [0.15, 0.2) is 15.5 Å². The molecule has 3 aromatic heterocycles. The zero-order valence-corrected chi connectivity index (χ0v) is 48.8. The third-order valence-corrected chi connectivity index (χ3v) is 16.1. The molecule has 24 heteroatoms. The molecule has 0 radical (unpaired) electrons. The number of likely N-dealkylation sites (tertiary alicyclic amines) is 1. The van der Waals surface area contributed by atoms with Crippen LogP contribution in [0.5, 0.6) is 0 Å². The highest BCUT2D eigenvalue weighted by molar-refractivity contribution is 7.90. The van der Waals surface area contributed by atoms with Crippen molar-refractivity contribution in [2.45, 2.75) is 70.2 Å². The Hall–Kier alpha value is -6.90. The van der Waals surface area contributed by atoms with Gasteiger partial charge in [-0.25, -0.2) is 17.9 Å². The first-order valence-corrected chi connectivity index (χ1v) is 30.3. The number of aromatic nitrogens is 4. The Bertz CT molecular complexity index is 3180. The highest BCUT2D eigenvalue weighted by atomic mass is 32.2. The first-order valence-electron chi connectivity index (χ1n) is 27.5. The second-order valence-electron chi connectivity index (χ2n) is 21.3. The van der Waals surface area contributed by atoms with Crippen LogP contribution in [0.1, 0.15) is 44.9 Å². The molecular weight excluding hydrogens is 1090 g/mol. The summed E-state index contributed by atoms with van der Waals surface area (Å²) < 4.78 is 48.0. The van der Waals surface area contributed by atoms with E-state index < -0.39 is 39.3 Å². The summed E-state index contributed by atoms with van der Waals surface area (Å²) in [4.78, 5) is 69.2. The van der Waals surface area contributed by atoms with Gasteiger partial charge < -0.3 is 55.1 Å². The molecule has 3 atom stereocenters. The number of aryl methyl sites for hydroxylation is 1. The van der Waals surface area contributed by atoms with Crippen LogP contribution in [-0.4, -0.2) is 190 Å². The molecule has 0 saturated carbocycles. The molecule has 440 valence electrons. The summed E-state index contributed by atoms with van der Waals surface area (Å²) in [6.45, 7) is 14.0. The zero-order chi connectivity index (χ0) is 58.2. The number of pyridine rings is 1. The second-order valence-corrected chi connectivity index (χ2v) is 24.2. The largest absolute Gasteiger partial charge is 0.391 e. The SMILES string of the molecule is Cc1ncsc1-c1ccc(CNC(=O)[C@@H]2C[C@@H](O)CN2C(=O)[C@@H](NC(=O)CCOCCOCCOCCOCCNC(=O)CN2CCN(c3ccc(Nc4nc5cccc(-c6ccc(S(C)(=O)=O)cc6)n5n4)cc3)CC2)C(C)(C)C)cc1. The van der Waals surface area contributed by atoms with Crippen molar-refractivity contribution in [1.82, 2.24) is 45.3 Å². The number of aliphatic hydroxyl groups excluding tert-OH is 1. The Morgan fingerprint density at radius 3 is 2.06 bits per heavy atom. The van der Waals surface area contributed by atoms with Crippen molar-refractivity contribution < 1.29 is 51.6 Å². The number of benzene rings is 3. The minimum atomic E-state index is -3.30. The fourth-order valence-electron chi connectivity index (χ4n) is 9.56. The minimum Gasteiger partial charge on any atom is -0.391 e. The quantitative estimate of drug-likeness (QED) is 0.0424. The van der Waals surface area contributed by atoms with Crippen molar-refractivity contribution in [2.75, 3.05) is 115 Å². The molecule has 3 aromatic carbocycles. The van der Waals surface area contributed by atoms with Crippen LogP contribution < -0.4 is 26.2 Å². The van der Waals surface area contributed by atoms with Gasteiger partial charge in [0.05, 0.1) is 92.2 Å². The zero-order valence-electron chi connectivity index (χ0n) is 47.2. The summed E-state index contributed by atoms with van der Waals surface area (Å²) in [6, 6.07) is 26.5. The first-order chi connectivity index (χ1) is 39.4. The fraction of sp³-hybridized carbons (Fsp3) is 0.466. The highest BCUT2D eigenvalue weighted by Crippen LogP contribution is 2.30. The number of nitrogens with one attached hydrogen (secondary N) is 4. The summed E-state index contributed by atoms with van der Waals surface area (Å²) in [7, 11) is -3.30. The van der Waals surface area contributed by atoms with E-state index in [4.69, 9.17) is 18.9 Å². The number of amides is 4. The van der Waals surface area contributed by atoms with E-state index in [1.54, 1.807) is 40.1 Å². The van der Waals surface area contributed by atoms with Crippen molar-refractivity contribution >= 4 is 67.8 Å². The summed E-state index contributed by atoms with van der Waals surface area (Å²) in [5, 5.41) is 27.2. The van der Waals surface area contributed by atoms with Crippen molar-refractivity contribution in [3.05, 3.63) is 108 Å². The van der Waals surface area contributed by atoms with Gasteiger partial charge in [-0.05, 0) is 72.0 Å². The predicted octanol–water partition coefficient (Wildman–Crippen LogP) is 4.48. The van der Waals surface area contributed by atoms with Crippen LogP contribution in [0.4, 0.5) is 17.3 Å². The predicted molar refractivity (Wildman–Crippen MR) is 312 cm³/mol. The number of ether oxygens (including phenoxy) is 4. The maximum Gasteiger partial charge on any atom is 0.247 e. The van der Waals surface area contributed by atoms with E-state index in [1.807, 2.05) is 87.8 Å². The number of hydrogen-bond acceptors (Lipinski definition) is 18. The number of carbonyl (C=O) groups excluding carboxylic acids is 4. The van der Waals surface area contributed by atoms with Gasteiger partial charge in [-0.15, -0.1) is 16.4 Å². The monoisotopic (exact) mass is 1170 g/mol. The molecule has 0 spiro atoms. The average Bonchev–Trinajstić information content (AvgIpc) is 4.36. The number of thiazole rings is 1. The third kappa shape index (κ3) is 17.3. The lowest BCUT2D eigenvalue weighted by Crippen LogP contribution is -2.57. The number of carbonyl (C=O) groups is 4. The molecule has 8 rings (SSSR count). The lowest BCUT2D eigenvalue weighted by atomic mass is 9.85. The van der Waals surface area contributed by atoms with E-state index in [1.165, 1.54) is 11.2 Å². The lowest BCUT2D eigenvalue weighted by Gasteiger charge is -2.35. The molecule has 5 heterocycles. The molecule has 2 aliphatic heterocycles. The summed E-state index contributed by atoms with van der Waals surface area (Å²) in [6.07, 6.45) is 0.430. The van der Waals surface area contributed by atoms with Crippen LogP contribution >= 0.6 is 11.3 Å². The van der Waals surface area contributed by atoms with Gasteiger partial charge in [-0.1, -0.05) is 63.2 Å². The topological polar surface area (TPSA) is 260 Å². The molecule has 2 saturated heterocycles. The second kappa shape index (κ2) is 28.9. The highest BCUT2D eigenvalue weighted by Gasteiger charge is 2.44. The Kier molecular flexibility index (Phi) is 21.5. The molecule has 6 aromatic rings. The number of sulfone groups is 1. The van der Waals surface area contributed by atoms with Gasteiger partial charge in [0, 0.05) is 81.8 Å². The number of hydrogen-bond donors (Lipinski definition) is 5. The third-order valence-electron chi connectivity index (χ3n) is 14.0. The summed E-state index contributed by atoms with van der Waals surface area (Å²) in [5.74, 6) is -0.792. The first kappa shape index (κ1) is 61.2. The van der Waals surface area contributed by atoms with Gasteiger partial charge in [0.25, 0.3) is 0 Å². The molecule has 5 N–H and O–H groups in total. The molecule has 82 heavy (non-hydrogen) atoms. The molecule has 4 amide bonds. The van der Waals surface area contributed by atoms with Gasteiger partial charge >= 0.3 is 0 Å². The minimum absolute atomic E-state index is 0.0125. The Morgan fingerprint density at radius 1 is 0.780 bits per heavy atom. The Morgan fingerprint density at radius 2 is 1.43 bits per heavy atom. The Labute approximate surface area is 482 Å². The van der Waals surface area contributed by atoms with E-state index >= 15 is 0 Å². The molecular formula is C58H75N11O11S2. The smallest absolute Gasteiger partial charge is 0.247 e. The van der Waals surface area contributed by atoms with Gasteiger partial charge in [0.2, 0.25) is 29.6 Å². The van der Waals surface area contributed by atoms with Crippen LogP contribution in [0, 0.1) is 12.3 Å². The summed E-state index contributed by atoms with van der Waals surface area (Å²) >= 11 is 1.57. The Balaban J connectivity index is 0.621.